The van der Waals surface area contributed by atoms with Gasteiger partial charge in [0.15, 0.2) is 0 Å². The molecule has 14 heavy (non-hydrogen) atoms. The SMILES string of the molecule is N#CCc1ccc2ccccc2c1I. The number of rotatable bonds is 1. The lowest BCUT2D eigenvalue weighted by molar-refractivity contribution is 1.26. The lowest BCUT2D eigenvalue weighted by atomic mass is 10.1. The van der Waals surface area contributed by atoms with Crippen molar-refractivity contribution in [1.82, 2.24) is 0 Å². The van der Waals surface area contributed by atoms with E-state index in [-0.39, 0.29) is 0 Å². The molecule has 0 radical (unpaired) electrons. The van der Waals surface area contributed by atoms with E-state index in [1.165, 1.54) is 14.3 Å². The summed E-state index contributed by atoms with van der Waals surface area (Å²) in [6, 6.07) is 14.5. The number of halogens is 1. The number of hydrogen-bond acceptors (Lipinski definition) is 1. The van der Waals surface area contributed by atoms with Gasteiger partial charge < -0.3 is 0 Å². The molecule has 0 unspecified atom stereocenters. The smallest absolute Gasteiger partial charge is 0.0670 e. The van der Waals surface area contributed by atoms with E-state index in [0.29, 0.717) is 6.42 Å². The third-order valence-electron chi connectivity index (χ3n) is 2.21. The average Bonchev–Trinajstić information content (AvgIpc) is 2.23. The minimum Gasteiger partial charge on any atom is -0.198 e. The van der Waals surface area contributed by atoms with Gasteiger partial charge in [-0.15, -0.1) is 0 Å². The highest BCUT2D eigenvalue weighted by Crippen LogP contribution is 2.24. The molecular weight excluding hydrogens is 285 g/mol. The second-order valence-corrected chi connectivity index (χ2v) is 4.17. The molecule has 0 atom stereocenters. The predicted octanol–water partition coefficient (Wildman–Crippen LogP) is 3.51. The van der Waals surface area contributed by atoms with Crippen molar-refractivity contribution in [3.8, 4) is 6.07 Å². The first-order valence-corrected chi connectivity index (χ1v) is 5.44. The van der Waals surface area contributed by atoms with Crippen molar-refractivity contribution < 1.29 is 0 Å². The normalized spacial score (nSPS) is 10.0. The Labute approximate surface area is 96.5 Å². The standard InChI is InChI=1S/C12H8IN/c13-12-10(7-8-14)6-5-9-3-1-2-4-11(9)12/h1-6H,7H2. The molecule has 0 bridgehead atoms. The molecule has 2 aromatic rings. The minimum atomic E-state index is 0.489. The molecular formula is C12H8IN. The molecule has 2 heteroatoms. The van der Waals surface area contributed by atoms with E-state index in [4.69, 9.17) is 5.26 Å². The fraction of sp³-hybridized carbons (Fsp3) is 0.0833. The summed E-state index contributed by atoms with van der Waals surface area (Å²) in [7, 11) is 0. The highest BCUT2D eigenvalue weighted by molar-refractivity contribution is 14.1. The fourth-order valence-corrected chi connectivity index (χ4v) is 2.36. The van der Waals surface area contributed by atoms with Gasteiger partial charge in [0.2, 0.25) is 0 Å². The first-order valence-electron chi connectivity index (χ1n) is 4.36. The summed E-state index contributed by atoms with van der Waals surface area (Å²) >= 11 is 2.31. The lowest BCUT2D eigenvalue weighted by Gasteiger charge is -2.04. The van der Waals surface area contributed by atoms with E-state index < -0.39 is 0 Å². The molecule has 1 nitrogen and oxygen atoms in total. The van der Waals surface area contributed by atoms with Crippen molar-refractivity contribution in [2.24, 2.45) is 0 Å². The summed E-state index contributed by atoms with van der Waals surface area (Å²) < 4.78 is 1.20. The van der Waals surface area contributed by atoms with Gasteiger partial charge in [0, 0.05) is 3.57 Å². The first-order chi connectivity index (χ1) is 6.83. The van der Waals surface area contributed by atoms with Crippen LogP contribution in [0.25, 0.3) is 10.8 Å². The Morgan fingerprint density at radius 1 is 1.14 bits per heavy atom. The Kier molecular flexibility index (Phi) is 2.69. The van der Waals surface area contributed by atoms with E-state index in [1.807, 2.05) is 18.2 Å². The van der Waals surface area contributed by atoms with Crippen LogP contribution >= 0.6 is 22.6 Å². The number of nitriles is 1. The van der Waals surface area contributed by atoms with Crippen molar-refractivity contribution in [2.75, 3.05) is 0 Å². The van der Waals surface area contributed by atoms with Crippen molar-refractivity contribution >= 4 is 33.4 Å². The summed E-state index contributed by atoms with van der Waals surface area (Å²) in [5.41, 5.74) is 1.12. The van der Waals surface area contributed by atoms with Crippen molar-refractivity contribution in [3.05, 3.63) is 45.5 Å². The first kappa shape index (κ1) is 9.47. The zero-order valence-electron chi connectivity index (χ0n) is 7.50. The summed E-state index contributed by atoms with van der Waals surface area (Å²) in [5, 5.41) is 11.1. The van der Waals surface area contributed by atoms with Crippen LogP contribution in [0, 0.1) is 14.9 Å². The zero-order chi connectivity index (χ0) is 9.97. The van der Waals surface area contributed by atoms with Crippen molar-refractivity contribution in [2.45, 2.75) is 6.42 Å². The van der Waals surface area contributed by atoms with E-state index in [9.17, 15) is 0 Å². The summed E-state index contributed by atoms with van der Waals surface area (Å²) in [6.07, 6.45) is 0.489. The second kappa shape index (κ2) is 3.97. The van der Waals surface area contributed by atoms with Crippen LogP contribution in [0.2, 0.25) is 0 Å². The maximum atomic E-state index is 8.66. The van der Waals surface area contributed by atoms with Crippen LogP contribution in [0.3, 0.4) is 0 Å². The third kappa shape index (κ3) is 1.60. The molecule has 0 aromatic heterocycles. The van der Waals surface area contributed by atoms with Gasteiger partial charge >= 0.3 is 0 Å². The van der Waals surface area contributed by atoms with Crippen LogP contribution in [0.15, 0.2) is 36.4 Å². The second-order valence-electron chi connectivity index (χ2n) is 3.09. The minimum absolute atomic E-state index is 0.489. The van der Waals surface area contributed by atoms with Crippen molar-refractivity contribution in [1.29, 1.82) is 5.26 Å². The van der Waals surface area contributed by atoms with Gasteiger partial charge in [-0.2, -0.15) is 5.26 Å². The quantitative estimate of drug-likeness (QED) is 0.738. The zero-order valence-corrected chi connectivity index (χ0v) is 9.65. The Hall–Kier alpha value is -1.08. The van der Waals surface area contributed by atoms with Gasteiger partial charge in [-0.05, 0) is 38.9 Å². The Bertz CT molecular complexity index is 511. The molecule has 2 rings (SSSR count). The van der Waals surface area contributed by atoms with E-state index in [2.05, 4.69) is 46.9 Å². The van der Waals surface area contributed by atoms with Crippen LogP contribution in [0.4, 0.5) is 0 Å². The van der Waals surface area contributed by atoms with Gasteiger partial charge in [-0.1, -0.05) is 36.4 Å². The van der Waals surface area contributed by atoms with E-state index >= 15 is 0 Å². The molecule has 0 saturated heterocycles. The topological polar surface area (TPSA) is 23.8 Å². The van der Waals surface area contributed by atoms with Crippen LogP contribution in [-0.2, 0) is 6.42 Å². The molecule has 0 saturated carbocycles. The predicted molar refractivity (Wildman–Crippen MR) is 66.0 cm³/mol. The number of benzene rings is 2. The molecule has 0 aliphatic carbocycles. The summed E-state index contributed by atoms with van der Waals surface area (Å²) in [5.74, 6) is 0. The monoisotopic (exact) mass is 293 g/mol. The molecule has 0 amide bonds. The number of nitrogens with zero attached hydrogens (tertiary/aromatic N) is 1. The van der Waals surface area contributed by atoms with Gasteiger partial charge in [-0.3, -0.25) is 0 Å². The fourth-order valence-electron chi connectivity index (χ4n) is 1.50. The van der Waals surface area contributed by atoms with E-state index in [1.54, 1.807) is 0 Å². The van der Waals surface area contributed by atoms with Gasteiger partial charge in [0.25, 0.3) is 0 Å². The van der Waals surface area contributed by atoms with Gasteiger partial charge in [0.1, 0.15) is 0 Å². The molecule has 0 fully saturated rings. The summed E-state index contributed by atoms with van der Waals surface area (Å²) in [4.78, 5) is 0. The molecule has 0 aliphatic heterocycles. The maximum absolute atomic E-state index is 8.66. The molecule has 0 N–H and O–H groups in total. The highest BCUT2D eigenvalue weighted by atomic mass is 127. The Morgan fingerprint density at radius 2 is 1.93 bits per heavy atom. The number of hydrogen-bond donors (Lipinski definition) is 0. The van der Waals surface area contributed by atoms with Gasteiger partial charge in [0.05, 0.1) is 12.5 Å². The molecule has 68 valence electrons. The van der Waals surface area contributed by atoms with Crippen molar-refractivity contribution in [3.63, 3.8) is 0 Å². The maximum Gasteiger partial charge on any atom is 0.0670 e. The van der Waals surface area contributed by atoms with Crippen LogP contribution in [-0.4, -0.2) is 0 Å². The largest absolute Gasteiger partial charge is 0.198 e. The lowest BCUT2D eigenvalue weighted by Crippen LogP contribution is -1.88. The van der Waals surface area contributed by atoms with Crippen LogP contribution in [0.5, 0.6) is 0 Å². The average molecular weight is 293 g/mol. The van der Waals surface area contributed by atoms with E-state index in [0.717, 1.165) is 5.56 Å². The highest BCUT2D eigenvalue weighted by Gasteiger charge is 2.03. The molecule has 0 heterocycles. The summed E-state index contributed by atoms with van der Waals surface area (Å²) in [6.45, 7) is 0. The van der Waals surface area contributed by atoms with Crippen LogP contribution in [0.1, 0.15) is 5.56 Å². The van der Waals surface area contributed by atoms with Crippen LogP contribution < -0.4 is 0 Å². The Balaban J connectivity index is 2.70. The third-order valence-corrected chi connectivity index (χ3v) is 3.49. The van der Waals surface area contributed by atoms with Gasteiger partial charge in [-0.25, -0.2) is 0 Å². The molecule has 0 aliphatic rings. The molecule has 0 spiro atoms. The molecule has 2 aromatic carbocycles. The number of fused-ring (bicyclic) bond motifs is 1. The Morgan fingerprint density at radius 3 is 2.71 bits per heavy atom.